The van der Waals surface area contributed by atoms with Crippen LogP contribution >= 0.6 is 0 Å². The van der Waals surface area contributed by atoms with Gasteiger partial charge in [-0.15, -0.1) is 0 Å². The molecule has 0 heterocycles. The third kappa shape index (κ3) is 3.12. The maximum absolute atomic E-state index is 5.75. The number of hydrogen-bond donors (Lipinski definition) is 2. The van der Waals surface area contributed by atoms with E-state index >= 15 is 0 Å². The van der Waals surface area contributed by atoms with Crippen LogP contribution in [0, 0.1) is 0 Å². The van der Waals surface area contributed by atoms with E-state index in [0.717, 1.165) is 18.6 Å². The van der Waals surface area contributed by atoms with Crippen LogP contribution in [0.15, 0.2) is 35.9 Å². The minimum atomic E-state index is 0.109. The lowest BCUT2D eigenvalue weighted by Gasteiger charge is -2.20. The number of ether oxygens (including phenoxy) is 1. The molecule has 18 heavy (non-hydrogen) atoms. The van der Waals surface area contributed by atoms with Crippen molar-refractivity contribution in [2.75, 3.05) is 7.11 Å². The highest BCUT2D eigenvalue weighted by atomic mass is 16.5. The van der Waals surface area contributed by atoms with E-state index in [1.54, 1.807) is 7.11 Å². The van der Waals surface area contributed by atoms with Gasteiger partial charge < -0.3 is 4.74 Å². The van der Waals surface area contributed by atoms with Gasteiger partial charge in [-0.25, -0.2) is 5.43 Å². The molecule has 0 spiro atoms. The third-order valence-electron chi connectivity index (χ3n) is 3.54. The van der Waals surface area contributed by atoms with E-state index in [0.29, 0.717) is 0 Å². The molecule has 1 atom stereocenters. The summed E-state index contributed by atoms with van der Waals surface area (Å²) in [6.45, 7) is 0. The van der Waals surface area contributed by atoms with Crippen molar-refractivity contribution in [3.05, 3.63) is 41.5 Å². The van der Waals surface area contributed by atoms with Gasteiger partial charge in [-0.1, -0.05) is 30.2 Å². The molecule has 0 amide bonds. The summed E-state index contributed by atoms with van der Waals surface area (Å²) in [5.41, 5.74) is 5.52. The van der Waals surface area contributed by atoms with Crippen molar-refractivity contribution in [3.63, 3.8) is 0 Å². The Bertz CT molecular complexity index is 415. The highest BCUT2D eigenvalue weighted by molar-refractivity contribution is 5.35. The summed E-state index contributed by atoms with van der Waals surface area (Å²) < 4.78 is 5.27. The van der Waals surface area contributed by atoms with Gasteiger partial charge in [-0.05, 0) is 43.4 Å². The summed E-state index contributed by atoms with van der Waals surface area (Å²) in [5, 5.41) is 0. The van der Waals surface area contributed by atoms with Crippen molar-refractivity contribution < 1.29 is 4.74 Å². The molecule has 1 unspecified atom stereocenters. The molecule has 1 aromatic rings. The lowest BCUT2D eigenvalue weighted by Crippen LogP contribution is -2.29. The van der Waals surface area contributed by atoms with Gasteiger partial charge in [0.2, 0.25) is 0 Å². The molecule has 1 aromatic carbocycles. The van der Waals surface area contributed by atoms with E-state index < -0.39 is 0 Å². The molecule has 2 rings (SSSR count). The Morgan fingerprint density at radius 2 is 2.17 bits per heavy atom. The Hall–Kier alpha value is -1.32. The average Bonchev–Trinajstić information content (AvgIpc) is 2.69. The van der Waals surface area contributed by atoms with Crippen LogP contribution < -0.4 is 16.0 Å². The molecule has 3 heteroatoms. The highest BCUT2D eigenvalue weighted by Gasteiger charge is 2.16. The van der Waals surface area contributed by atoms with Crippen LogP contribution in [-0.2, 0) is 0 Å². The van der Waals surface area contributed by atoms with Gasteiger partial charge in [-0.2, -0.15) is 0 Å². The maximum Gasteiger partial charge on any atom is 0.119 e. The van der Waals surface area contributed by atoms with E-state index in [4.69, 9.17) is 10.6 Å². The number of rotatable bonds is 4. The molecule has 0 saturated carbocycles. The fourth-order valence-electron chi connectivity index (χ4n) is 2.54. The second-order valence-corrected chi connectivity index (χ2v) is 4.75. The molecule has 0 bridgehead atoms. The topological polar surface area (TPSA) is 47.3 Å². The maximum atomic E-state index is 5.75. The summed E-state index contributed by atoms with van der Waals surface area (Å²) in [6, 6.07) is 8.22. The first kappa shape index (κ1) is 13.1. The first-order valence-electron chi connectivity index (χ1n) is 6.64. The Morgan fingerprint density at radius 1 is 1.28 bits per heavy atom. The lowest BCUT2D eigenvalue weighted by atomic mass is 9.95. The zero-order chi connectivity index (χ0) is 12.8. The van der Waals surface area contributed by atoms with Crippen LogP contribution in [0.1, 0.15) is 43.7 Å². The highest BCUT2D eigenvalue weighted by Crippen LogP contribution is 2.30. The minimum Gasteiger partial charge on any atom is -0.497 e. The van der Waals surface area contributed by atoms with E-state index in [-0.39, 0.29) is 6.04 Å². The molecule has 0 saturated heterocycles. The van der Waals surface area contributed by atoms with E-state index in [1.807, 2.05) is 12.1 Å². The van der Waals surface area contributed by atoms with Crippen LogP contribution in [0.4, 0.5) is 0 Å². The SMILES string of the molecule is COc1cccc(C(NN)C2=CCCCCC2)c1. The second kappa shape index (κ2) is 6.57. The summed E-state index contributed by atoms with van der Waals surface area (Å²) >= 11 is 0. The number of hydrogen-bond acceptors (Lipinski definition) is 3. The van der Waals surface area contributed by atoms with Gasteiger partial charge in [0, 0.05) is 0 Å². The van der Waals surface area contributed by atoms with Gasteiger partial charge in [0.15, 0.2) is 0 Å². The van der Waals surface area contributed by atoms with Gasteiger partial charge in [-0.3, -0.25) is 5.84 Å². The molecule has 3 nitrogen and oxygen atoms in total. The first-order chi connectivity index (χ1) is 8.85. The number of methoxy groups -OCH3 is 1. The van der Waals surface area contributed by atoms with Crippen LogP contribution in [0.25, 0.3) is 0 Å². The molecule has 0 radical (unpaired) electrons. The van der Waals surface area contributed by atoms with Gasteiger partial charge in [0.1, 0.15) is 5.75 Å². The van der Waals surface area contributed by atoms with E-state index in [1.165, 1.54) is 30.4 Å². The predicted molar refractivity (Wildman–Crippen MR) is 74.2 cm³/mol. The standard InChI is InChI=1S/C15H22N2O/c1-18-14-10-6-9-13(11-14)15(17-16)12-7-4-2-3-5-8-12/h6-7,9-11,15,17H,2-5,8,16H2,1H3. The fraction of sp³-hybridized carbons (Fsp3) is 0.467. The zero-order valence-electron chi connectivity index (χ0n) is 11.0. The minimum absolute atomic E-state index is 0.109. The number of nitrogens with two attached hydrogens (primary N) is 1. The summed E-state index contributed by atoms with van der Waals surface area (Å²) in [7, 11) is 1.69. The first-order valence-corrected chi connectivity index (χ1v) is 6.64. The predicted octanol–water partition coefficient (Wildman–Crippen LogP) is 3.09. The molecule has 0 fully saturated rings. The van der Waals surface area contributed by atoms with Crippen LogP contribution in [0.5, 0.6) is 5.75 Å². The zero-order valence-corrected chi connectivity index (χ0v) is 11.0. The van der Waals surface area contributed by atoms with Crippen molar-refractivity contribution in [1.82, 2.24) is 5.43 Å². The van der Waals surface area contributed by atoms with Crippen LogP contribution in [0.2, 0.25) is 0 Å². The molecular formula is C15H22N2O. The molecule has 0 aromatic heterocycles. The van der Waals surface area contributed by atoms with Gasteiger partial charge in [0.05, 0.1) is 13.2 Å². The summed E-state index contributed by atoms with van der Waals surface area (Å²) in [5.74, 6) is 6.62. The second-order valence-electron chi connectivity index (χ2n) is 4.75. The summed E-state index contributed by atoms with van der Waals surface area (Å²) in [4.78, 5) is 0. The van der Waals surface area contributed by atoms with Crippen molar-refractivity contribution >= 4 is 0 Å². The lowest BCUT2D eigenvalue weighted by molar-refractivity contribution is 0.413. The van der Waals surface area contributed by atoms with Gasteiger partial charge >= 0.3 is 0 Å². The van der Waals surface area contributed by atoms with Crippen molar-refractivity contribution in [1.29, 1.82) is 0 Å². The Balaban J connectivity index is 2.23. The van der Waals surface area contributed by atoms with Gasteiger partial charge in [0.25, 0.3) is 0 Å². The molecule has 98 valence electrons. The van der Waals surface area contributed by atoms with Crippen molar-refractivity contribution in [3.8, 4) is 5.75 Å². The molecule has 1 aliphatic carbocycles. The molecular weight excluding hydrogens is 224 g/mol. The Kier molecular flexibility index (Phi) is 4.79. The normalized spacial score (nSPS) is 17.8. The third-order valence-corrected chi connectivity index (χ3v) is 3.54. The largest absolute Gasteiger partial charge is 0.497 e. The number of nitrogens with one attached hydrogen (secondary N) is 1. The van der Waals surface area contributed by atoms with Crippen molar-refractivity contribution in [2.45, 2.75) is 38.1 Å². The average molecular weight is 246 g/mol. The fourth-order valence-corrected chi connectivity index (χ4v) is 2.54. The number of allylic oxidation sites excluding steroid dienone is 1. The van der Waals surface area contributed by atoms with Crippen LogP contribution in [0.3, 0.4) is 0 Å². The number of benzene rings is 1. The van der Waals surface area contributed by atoms with E-state index in [2.05, 4.69) is 23.6 Å². The number of hydrazine groups is 1. The van der Waals surface area contributed by atoms with E-state index in [9.17, 15) is 0 Å². The Labute approximate surface area is 109 Å². The summed E-state index contributed by atoms with van der Waals surface area (Å²) in [6.07, 6.45) is 8.50. The smallest absolute Gasteiger partial charge is 0.119 e. The molecule has 3 N–H and O–H groups in total. The van der Waals surface area contributed by atoms with Crippen LogP contribution in [-0.4, -0.2) is 7.11 Å². The van der Waals surface area contributed by atoms with Crippen molar-refractivity contribution in [2.24, 2.45) is 5.84 Å². The molecule has 1 aliphatic rings. The monoisotopic (exact) mass is 246 g/mol. The quantitative estimate of drug-likeness (QED) is 0.487. The molecule has 0 aliphatic heterocycles. The Morgan fingerprint density at radius 3 is 2.94 bits per heavy atom.